The van der Waals surface area contributed by atoms with Crippen molar-refractivity contribution in [3.8, 4) is 11.1 Å². The summed E-state index contributed by atoms with van der Waals surface area (Å²) in [5.41, 5.74) is 5.73. The maximum atomic E-state index is 11.4. The third-order valence-electron chi connectivity index (χ3n) is 3.96. The number of benzene rings is 2. The van der Waals surface area contributed by atoms with Crippen molar-refractivity contribution in [1.29, 1.82) is 0 Å². The van der Waals surface area contributed by atoms with E-state index in [-0.39, 0.29) is 5.78 Å². The Hall–Kier alpha value is -2.19. The zero-order valence-corrected chi connectivity index (χ0v) is 13.5. The molecule has 22 heavy (non-hydrogen) atoms. The van der Waals surface area contributed by atoms with Crippen molar-refractivity contribution in [2.24, 2.45) is 0 Å². The van der Waals surface area contributed by atoms with Gasteiger partial charge in [0.25, 0.3) is 0 Å². The van der Waals surface area contributed by atoms with E-state index in [2.05, 4.69) is 11.1 Å². The number of ketones is 1. The highest BCUT2D eigenvalue weighted by molar-refractivity contribution is 6.32. The Labute approximate surface area is 134 Å². The van der Waals surface area contributed by atoms with E-state index in [1.54, 1.807) is 6.92 Å². The molecule has 2 nitrogen and oxygen atoms in total. The second-order valence-electron chi connectivity index (χ2n) is 5.50. The van der Waals surface area contributed by atoms with Gasteiger partial charge >= 0.3 is 0 Å². The molecule has 3 aromatic rings. The van der Waals surface area contributed by atoms with Gasteiger partial charge < -0.3 is 0 Å². The molecule has 0 N–H and O–H groups in total. The summed E-state index contributed by atoms with van der Waals surface area (Å²) in [6, 6.07) is 13.8. The number of halogens is 1. The fourth-order valence-corrected chi connectivity index (χ4v) is 2.77. The molecule has 1 heterocycles. The van der Waals surface area contributed by atoms with Crippen LogP contribution in [0.3, 0.4) is 0 Å². The van der Waals surface area contributed by atoms with E-state index in [1.807, 2.05) is 50.2 Å². The SMILES string of the molecule is CC(=O)c1ccc(-c2ccc3nc(C)c(Cl)c(C)c3c2)cc1. The van der Waals surface area contributed by atoms with Crippen LogP contribution in [-0.4, -0.2) is 10.8 Å². The number of nitrogens with zero attached hydrogens (tertiary/aromatic N) is 1. The monoisotopic (exact) mass is 309 g/mol. The lowest BCUT2D eigenvalue weighted by atomic mass is 9.99. The van der Waals surface area contributed by atoms with E-state index in [4.69, 9.17) is 11.6 Å². The van der Waals surface area contributed by atoms with Crippen LogP contribution in [0.2, 0.25) is 5.02 Å². The fraction of sp³-hybridized carbons (Fsp3) is 0.158. The molecule has 0 saturated heterocycles. The van der Waals surface area contributed by atoms with Gasteiger partial charge in [0.05, 0.1) is 16.2 Å². The highest BCUT2D eigenvalue weighted by Gasteiger charge is 2.09. The smallest absolute Gasteiger partial charge is 0.159 e. The van der Waals surface area contributed by atoms with Gasteiger partial charge in [-0.25, -0.2) is 0 Å². The molecule has 0 radical (unpaired) electrons. The van der Waals surface area contributed by atoms with Crippen LogP contribution >= 0.6 is 11.6 Å². The van der Waals surface area contributed by atoms with Crippen molar-refractivity contribution in [2.45, 2.75) is 20.8 Å². The van der Waals surface area contributed by atoms with Gasteiger partial charge in [-0.1, -0.05) is 41.9 Å². The van der Waals surface area contributed by atoms with E-state index in [9.17, 15) is 4.79 Å². The van der Waals surface area contributed by atoms with Crippen molar-refractivity contribution >= 4 is 28.3 Å². The Morgan fingerprint density at radius 3 is 2.27 bits per heavy atom. The number of Topliss-reactive ketones (excluding diaryl/α,β-unsaturated/α-hetero) is 1. The maximum absolute atomic E-state index is 11.4. The minimum Gasteiger partial charge on any atom is -0.295 e. The highest BCUT2D eigenvalue weighted by atomic mass is 35.5. The molecular weight excluding hydrogens is 294 g/mol. The second-order valence-corrected chi connectivity index (χ2v) is 5.88. The van der Waals surface area contributed by atoms with Crippen LogP contribution in [0.25, 0.3) is 22.0 Å². The number of fused-ring (bicyclic) bond motifs is 1. The summed E-state index contributed by atoms with van der Waals surface area (Å²) >= 11 is 6.31. The average molecular weight is 310 g/mol. The van der Waals surface area contributed by atoms with Crippen molar-refractivity contribution in [1.82, 2.24) is 4.98 Å². The first kappa shape index (κ1) is 14.7. The van der Waals surface area contributed by atoms with Crippen molar-refractivity contribution in [3.05, 3.63) is 64.3 Å². The molecule has 0 amide bonds. The molecule has 0 unspecified atom stereocenters. The molecule has 0 spiro atoms. The van der Waals surface area contributed by atoms with Crippen LogP contribution in [0.1, 0.15) is 28.5 Å². The predicted octanol–water partition coefficient (Wildman–Crippen LogP) is 5.37. The first-order chi connectivity index (χ1) is 10.5. The number of aromatic nitrogens is 1. The lowest BCUT2D eigenvalue weighted by Gasteiger charge is -2.09. The maximum Gasteiger partial charge on any atom is 0.159 e. The highest BCUT2D eigenvalue weighted by Crippen LogP contribution is 2.30. The van der Waals surface area contributed by atoms with Crippen LogP contribution in [0, 0.1) is 13.8 Å². The molecule has 2 aromatic carbocycles. The van der Waals surface area contributed by atoms with Crippen molar-refractivity contribution in [2.75, 3.05) is 0 Å². The van der Waals surface area contributed by atoms with Gasteiger partial charge in [-0.15, -0.1) is 0 Å². The Kier molecular flexibility index (Phi) is 3.71. The van der Waals surface area contributed by atoms with Crippen LogP contribution < -0.4 is 0 Å². The van der Waals surface area contributed by atoms with Gasteiger partial charge in [0.1, 0.15) is 0 Å². The van der Waals surface area contributed by atoms with Crippen molar-refractivity contribution in [3.63, 3.8) is 0 Å². The summed E-state index contributed by atoms with van der Waals surface area (Å²) < 4.78 is 0. The molecule has 110 valence electrons. The first-order valence-corrected chi connectivity index (χ1v) is 7.53. The number of hydrogen-bond donors (Lipinski definition) is 0. The molecule has 0 atom stereocenters. The van der Waals surface area contributed by atoms with E-state index >= 15 is 0 Å². The van der Waals surface area contributed by atoms with E-state index in [1.165, 1.54) is 0 Å². The van der Waals surface area contributed by atoms with Crippen LogP contribution in [0.15, 0.2) is 42.5 Å². The van der Waals surface area contributed by atoms with E-state index in [0.29, 0.717) is 0 Å². The molecule has 3 rings (SSSR count). The summed E-state index contributed by atoms with van der Waals surface area (Å²) in [6.07, 6.45) is 0. The predicted molar refractivity (Wildman–Crippen MR) is 91.7 cm³/mol. The van der Waals surface area contributed by atoms with Crippen molar-refractivity contribution < 1.29 is 4.79 Å². The summed E-state index contributed by atoms with van der Waals surface area (Å²) in [4.78, 5) is 15.9. The molecule has 0 bridgehead atoms. The molecule has 1 aromatic heterocycles. The number of rotatable bonds is 2. The number of hydrogen-bond acceptors (Lipinski definition) is 2. The minimum atomic E-state index is 0.0763. The Bertz CT molecular complexity index is 882. The number of aryl methyl sites for hydroxylation is 2. The first-order valence-electron chi connectivity index (χ1n) is 7.15. The molecule has 0 fully saturated rings. The topological polar surface area (TPSA) is 30.0 Å². The van der Waals surface area contributed by atoms with Crippen LogP contribution in [-0.2, 0) is 0 Å². The summed E-state index contributed by atoms with van der Waals surface area (Å²) in [6.45, 7) is 5.51. The summed E-state index contributed by atoms with van der Waals surface area (Å²) in [5, 5.41) is 1.78. The Balaban J connectivity index is 2.14. The average Bonchev–Trinajstić information content (AvgIpc) is 2.52. The molecule has 3 heteroatoms. The number of carbonyl (C=O) groups excluding carboxylic acids is 1. The second kappa shape index (κ2) is 5.54. The van der Waals surface area contributed by atoms with E-state index < -0.39 is 0 Å². The van der Waals surface area contributed by atoms with Gasteiger partial charge in [0, 0.05) is 10.9 Å². The minimum absolute atomic E-state index is 0.0763. The van der Waals surface area contributed by atoms with Gasteiger partial charge in [-0.3, -0.25) is 9.78 Å². The molecular formula is C19H16ClNO. The zero-order chi connectivity index (χ0) is 15.9. The van der Waals surface area contributed by atoms with Gasteiger partial charge in [-0.05, 0) is 49.6 Å². The molecule has 0 aliphatic carbocycles. The van der Waals surface area contributed by atoms with Crippen LogP contribution in [0.5, 0.6) is 0 Å². The fourth-order valence-electron chi connectivity index (χ4n) is 2.63. The third kappa shape index (κ3) is 2.51. The molecule has 0 aliphatic heterocycles. The van der Waals surface area contributed by atoms with Gasteiger partial charge in [0.2, 0.25) is 0 Å². The number of carbonyl (C=O) groups is 1. The molecule has 0 aliphatic rings. The third-order valence-corrected chi connectivity index (χ3v) is 4.52. The number of pyridine rings is 1. The zero-order valence-electron chi connectivity index (χ0n) is 12.8. The van der Waals surface area contributed by atoms with Gasteiger partial charge in [0.15, 0.2) is 5.78 Å². The quantitative estimate of drug-likeness (QED) is 0.595. The standard InChI is InChI=1S/C19H16ClNO/c1-11-17-10-16(8-9-18(17)21-12(2)19(11)20)15-6-4-14(5-7-15)13(3)22/h4-10H,1-3H3. The summed E-state index contributed by atoms with van der Waals surface area (Å²) in [5.74, 6) is 0.0763. The lowest BCUT2D eigenvalue weighted by Crippen LogP contribution is -1.92. The molecule has 0 saturated carbocycles. The van der Waals surface area contributed by atoms with E-state index in [0.717, 1.165) is 43.9 Å². The Morgan fingerprint density at radius 2 is 1.64 bits per heavy atom. The summed E-state index contributed by atoms with van der Waals surface area (Å²) in [7, 11) is 0. The lowest BCUT2D eigenvalue weighted by molar-refractivity contribution is 0.101. The Morgan fingerprint density at radius 1 is 1.00 bits per heavy atom. The largest absolute Gasteiger partial charge is 0.295 e. The van der Waals surface area contributed by atoms with Crippen LogP contribution in [0.4, 0.5) is 0 Å². The normalized spacial score (nSPS) is 10.9. The van der Waals surface area contributed by atoms with Gasteiger partial charge in [-0.2, -0.15) is 0 Å².